The van der Waals surface area contributed by atoms with Gasteiger partial charge in [-0.2, -0.15) is 0 Å². The summed E-state index contributed by atoms with van der Waals surface area (Å²) < 4.78 is 18.3. The number of carbonyl (C=O) groups excluding carboxylic acids is 1. The molecule has 20 heavy (non-hydrogen) atoms. The van der Waals surface area contributed by atoms with Gasteiger partial charge in [-0.25, -0.2) is 4.39 Å². The third-order valence-corrected chi connectivity index (χ3v) is 2.96. The Balaban J connectivity index is 2.06. The van der Waals surface area contributed by atoms with Crippen molar-refractivity contribution in [2.45, 2.75) is 20.0 Å². The highest BCUT2D eigenvalue weighted by molar-refractivity contribution is 5.97. The fourth-order valence-corrected chi connectivity index (χ4v) is 1.80. The van der Waals surface area contributed by atoms with Gasteiger partial charge in [0.1, 0.15) is 18.2 Å². The summed E-state index contributed by atoms with van der Waals surface area (Å²) in [6.07, 6.45) is 0.440. The summed E-state index contributed by atoms with van der Waals surface area (Å²) >= 11 is 0. The molecular weight excluding hydrogens is 257 g/mol. The topological polar surface area (TPSA) is 52.3 Å². The number of Topliss-reactive ketones (excluding diaryl/α,β-unsaturated/α-hetero) is 1. The molecule has 104 valence electrons. The van der Waals surface area contributed by atoms with Crippen molar-refractivity contribution in [1.29, 1.82) is 0 Å². The zero-order chi connectivity index (χ0) is 14.5. The van der Waals surface area contributed by atoms with Crippen LogP contribution in [0, 0.1) is 5.82 Å². The Kier molecular flexibility index (Phi) is 4.35. The molecule has 0 saturated heterocycles. The predicted molar refractivity (Wildman–Crippen MR) is 76.2 cm³/mol. The van der Waals surface area contributed by atoms with Crippen LogP contribution in [-0.4, -0.2) is 5.78 Å². The van der Waals surface area contributed by atoms with Crippen LogP contribution >= 0.6 is 0 Å². The zero-order valence-electron chi connectivity index (χ0n) is 11.2. The van der Waals surface area contributed by atoms with Crippen molar-refractivity contribution in [2.75, 3.05) is 5.73 Å². The zero-order valence-corrected chi connectivity index (χ0v) is 11.2. The Morgan fingerprint density at radius 3 is 2.50 bits per heavy atom. The van der Waals surface area contributed by atoms with Gasteiger partial charge in [0.05, 0.1) is 5.69 Å². The van der Waals surface area contributed by atoms with E-state index in [2.05, 4.69) is 0 Å². The van der Waals surface area contributed by atoms with Crippen molar-refractivity contribution >= 4 is 11.5 Å². The Bertz CT molecular complexity index is 608. The van der Waals surface area contributed by atoms with Crippen LogP contribution < -0.4 is 10.5 Å². The predicted octanol–water partition coefficient (Wildman–Crippen LogP) is 3.58. The second-order valence-corrected chi connectivity index (χ2v) is 4.44. The highest BCUT2D eigenvalue weighted by Crippen LogP contribution is 2.24. The maximum atomic E-state index is 12.8. The van der Waals surface area contributed by atoms with Crippen molar-refractivity contribution in [1.82, 2.24) is 0 Å². The van der Waals surface area contributed by atoms with Crippen molar-refractivity contribution in [3.8, 4) is 5.75 Å². The minimum atomic E-state index is -0.282. The van der Waals surface area contributed by atoms with Gasteiger partial charge in [-0.05, 0) is 35.9 Å². The number of anilines is 1. The van der Waals surface area contributed by atoms with E-state index in [-0.39, 0.29) is 11.6 Å². The van der Waals surface area contributed by atoms with Crippen molar-refractivity contribution in [3.05, 3.63) is 59.4 Å². The normalized spacial score (nSPS) is 10.3. The fraction of sp³-hybridized carbons (Fsp3) is 0.188. The summed E-state index contributed by atoms with van der Waals surface area (Å²) in [6, 6.07) is 11.1. The molecule has 4 heteroatoms. The van der Waals surface area contributed by atoms with Crippen LogP contribution in [0.1, 0.15) is 29.3 Å². The summed E-state index contributed by atoms with van der Waals surface area (Å²) in [5.74, 6) is 0.277. The van der Waals surface area contributed by atoms with E-state index < -0.39 is 0 Å². The lowest BCUT2D eigenvalue weighted by Crippen LogP contribution is -2.02. The molecule has 0 aliphatic rings. The Morgan fingerprint density at radius 2 is 1.90 bits per heavy atom. The average molecular weight is 273 g/mol. The number of ketones is 1. The smallest absolute Gasteiger partial charge is 0.162 e. The molecule has 0 unspecified atom stereocenters. The third kappa shape index (κ3) is 3.35. The molecule has 2 aromatic rings. The largest absolute Gasteiger partial charge is 0.487 e. The molecule has 0 bridgehead atoms. The Morgan fingerprint density at radius 1 is 1.20 bits per heavy atom. The number of rotatable bonds is 5. The summed E-state index contributed by atoms with van der Waals surface area (Å²) in [4.78, 5) is 11.6. The van der Waals surface area contributed by atoms with Gasteiger partial charge < -0.3 is 10.5 Å². The summed E-state index contributed by atoms with van der Waals surface area (Å²) in [5.41, 5.74) is 7.72. The number of hydrogen-bond acceptors (Lipinski definition) is 3. The van der Waals surface area contributed by atoms with Crippen LogP contribution in [0.5, 0.6) is 5.75 Å². The minimum absolute atomic E-state index is 0.0433. The first kappa shape index (κ1) is 14.1. The highest BCUT2D eigenvalue weighted by Gasteiger charge is 2.07. The van der Waals surface area contributed by atoms with Gasteiger partial charge in [0.25, 0.3) is 0 Å². The molecule has 0 atom stereocenters. The van der Waals surface area contributed by atoms with Gasteiger partial charge in [-0.1, -0.05) is 19.1 Å². The van der Waals surface area contributed by atoms with E-state index >= 15 is 0 Å². The lowest BCUT2D eigenvalue weighted by molar-refractivity contribution is 0.0988. The third-order valence-electron chi connectivity index (χ3n) is 2.96. The van der Waals surface area contributed by atoms with Gasteiger partial charge in [-0.3, -0.25) is 4.79 Å². The van der Waals surface area contributed by atoms with Gasteiger partial charge in [0, 0.05) is 12.0 Å². The monoisotopic (exact) mass is 273 g/mol. The SMILES string of the molecule is CCC(=O)c1ccc(OCc2ccc(F)cc2)c(N)c1. The molecule has 2 aromatic carbocycles. The first-order chi connectivity index (χ1) is 9.60. The van der Waals surface area contributed by atoms with E-state index in [0.717, 1.165) is 5.56 Å². The number of carbonyl (C=O) groups is 1. The number of nitrogens with two attached hydrogens (primary N) is 1. The van der Waals surface area contributed by atoms with Gasteiger partial charge in [0.15, 0.2) is 5.78 Å². The van der Waals surface area contributed by atoms with E-state index in [1.165, 1.54) is 12.1 Å². The van der Waals surface area contributed by atoms with Crippen molar-refractivity contribution in [2.24, 2.45) is 0 Å². The average Bonchev–Trinajstić information content (AvgIpc) is 2.46. The molecule has 0 radical (unpaired) electrons. The molecule has 2 N–H and O–H groups in total. The fourth-order valence-electron chi connectivity index (χ4n) is 1.80. The number of benzene rings is 2. The first-order valence-electron chi connectivity index (χ1n) is 6.40. The van der Waals surface area contributed by atoms with E-state index in [0.29, 0.717) is 30.0 Å². The second kappa shape index (κ2) is 6.19. The second-order valence-electron chi connectivity index (χ2n) is 4.44. The molecule has 0 aliphatic heterocycles. The van der Waals surface area contributed by atoms with Gasteiger partial charge in [0.2, 0.25) is 0 Å². The molecule has 0 saturated carbocycles. The molecule has 0 spiro atoms. The molecule has 0 heterocycles. The highest BCUT2D eigenvalue weighted by atomic mass is 19.1. The number of hydrogen-bond donors (Lipinski definition) is 1. The Labute approximate surface area is 117 Å². The maximum Gasteiger partial charge on any atom is 0.162 e. The molecule has 3 nitrogen and oxygen atoms in total. The van der Waals surface area contributed by atoms with Crippen LogP contribution in [0.3, 0.4) is 0 Å². The van der Waals surface area contributed by atoms with E-state index in [1.54, 1.807) is 37.3 Å². The molecule has 2 rings (SSSR count). The summed E-state index contributed by atoms with van der Waals surface area (Å²) in [7, 11) is 0. The van der Waals surface area contributed by atoms with E-state index in [1.807, 2.05) is 0 Å². The quantitative estimate of drug-likeness (QED) is 0.669. The van der Waals surface area contributed by atoms with Crippen LogP contribution in [0.4, 0.5) is 10.1 Å². The van der Waals surface area contributed by atoms with Crippen LogP contribution in [0.2, 0.25) is 0 Å². The van der Waals surface area contributed by atoms with E-state index in [9.17, 15) is 9.18 Å². The number of ether oxygens (including phenoxy) is 1. The lowest BCUT2D eigenvalue weighted by Gasteiger charge is -2.10. The number of nitrogen functional groups attached to an aromatic ring is 1. The van der Waals surface area contributed by atoms with Crippen LogP contribution in [0.25, 0.3) is 0 Å². The van der Waals surface area contributed by atoms with Gasteiger partial charge in [-0.15, -0.1) is 0 Å². The minimum Gasteiger partial charge on any atom is -0.487 e. The molecule has 0 amide bonds. The lowest BCUT2D eigenvalue weighted by atomic mass is 10.1. The van der Waals surface area contributed by atoms with Crippen LogP contribution in [0.15, 0.2) is 42.5 Å². The Hall–Kier alpha value is -2.36. The van der Waals surface area contributed by atoms with E-state index in [4.69, 9.17) is 10.5 Å². The van der Waals surface area contributed by atoms with Gasteiger partial charge >= 0.3 is 0 Å². The molecule has 0 fully saturated rings. The van der Waals surface area contributed by atoms with Crippen molar-refractivity contribution in [3.63, 3.8) is 0 Å². The van der Waals surface area contributed by atoms with Crippen LogP contribution in [-0.2, 0) is 6.61 Å². The first-order valence-corrected chi connectivity index (χ1v) is 6.40. The summed E-state index contributed by atoms with van der Waals surface area (Å²) in [5, 5.41) is 0. The van der Waals surface area contributed by atoms with Crippen molar-refractivity contribution < 1.29 is 13.9 Å². The standard InChI is InChI=1S/C16H16FNO2/c1-2-15(19)12-5-8-16(14(18)9-12)20-10-11-3-6-13(17)7-4-11/h3-9H,2,10,18H2,1H3. The summed E-state index contributed by atoms with van der Waals surface area (Å²) in [6.45, 7) is 2.10. The maximum absolute atomic E-state index is 12.8. The molecule has 0 aliphatic carbocycles. The number of halogens is 1. The molecular formula is C16H16FNO2. The molecule has 0 aromatic heterocycles.